The van der Waals surface area contributed by atoms with Gasteiger partial charge in [-0.25, -0.2) is 0 Å². The largest absolute Gasteiger partial charge is 0.381 e. The monoisotopic (exact) mass is 246 g/mol. The zero-order valence-corrected chi connectivity index (χ0v) is 10.9. The van der Waals surface area contributed by atoms with Gasteiger partial charge in [0.2, 0.25) is 0 Å². The van der Waals surface area contributed by atoms with Gasteiger partial charge < -0.3 is 15.4 Å². The van der Waals surface area contributed by atoms with E-state index >= 15 is 0 Å². The SMILES string of the molecule is NCc1ccc(N2CCC3(CCOCC3)C2)cc1. The molecule has 0 bridgehead atoms. The first-order valence-corrected chi connectivity index (χ1v) is 6.93. The molecule has 2 heterocycles. The van der Waals surface area contributed by atoms with E-state index in [2.05, 4.69) is 29.2 Å². The molecule has 1 spiro atoms. The number of rotatable bonds is 2. The highest BCUT2D eigenvalue weighted by Gasteiger charge is 2.39. The summed E-state index contributed by atoms with van der Waals surface area (Å²) >= 11 is 0. The maximum atomic E-state index is 5.64. The number of hydrogen-bond acceptors (Lipinski definition) is 3. The Morgan fingerprint density at radius 1 is 1.11 bits per heavy atom. The standard InChI is InChI=1S/C15H22N2O/c16-11-13-1-3-14(4-2-13)17-8-5-15(12-17)6-9-18-10-7-15/h1-4H,5-12,16H2. The number of hydrogen-bond donors (Lipinski definition) is 1. The molecule has 2 aliphatic heterocycles. The second-order valence-corrected chi connectivity index (χ2v) is 5.65. The third-order valence-corrected chi connectivity index (χ3v) is 4.53. The molecule has 0 aromatic heterocycles. The zero-order chi connectivity index (χ0) is 12.4. The van der Waals surface area contributed by atoms with Crippen LogP contribution >= 0.6 is 0 Å². The summed E-state index contributed by atoms with van der Waals surface area (Å²) in [5.41, 5.74) is 8.71. The number of nitrogens with zero attached hydrogens (tertiary/aromatic N) is 1. The summed E-state index contributed by atoms with van der Waals surface area (Å²) in [6, 6.07) is 8.70. The number of nitrogens with two attached hydrogens (primary N) is 1. The first kappa shape index (κ1) is 12.0. The predicted molar refractivity (Wildman–Crippen MR) is 73.6 cm³/mol. The van der Waals surface area contributed by atoms with Crippen molar-refractivity contribution < 1.29 is 4.74 Å². The lowest BCUT2D eigenvalue weighted by Gasteiger charge is -2.33. The molecule has 0 amide bonds. The molecule has 0 atom stereocenters. The van der Waals surface area contributed by atoms with Gasteiger partial charge in [-0.2, -0.15) is 0 Å². The van der Waals surface area contributed by atoms with Crippen molar-refractivity contribution in [2.75, 3.05) is 31.2 Å². The molecule has 2 fully saturated rings. The molecule has 0 saturated carbocycles. The minimum Gasteiger partial charge on any atom is -0.381 e. The fourth-order valence-corrected chi connectivity index (χ4v) is 3.21. The Morgan fingerprint density at radius 2 is 1.83 bits per heavy atom. The number of benzene rings is 1. The normalized spacial score (nSPS) is 22.6. The van der Waals surface area contributed by atoms with Crippen LogP contribution in [0, 0.1) is 5.41 Å². The Labute approximate surface area is 109 Å². The minimum absolute atomic E-state index is 0.519. The Hall–Kier alpha value is -1.06. The Bertz CT molecular complexity index is 395. The van der Waals surface area contributed by atoms with E-state index in [-0.39, 0.29) is 0 Å². The highest BCUT2D eigenvalue weighted by Crippen LogP contribution is 2.41. The summed E-state index contributed by atoms with van der Waals surface area (Å²) < 4.78 is 5.50. The smallest absolute Gasteiger partial charge is 0.0472 e. The van der Waals surface area contributed by atoms with E-state index in [4.69, 9.17) is 10.5 Å². The molecule has 1 aromatic rings. The van der Waals surface area contributed by atoms with E-state index in [1.54, 1.807) is 0 Å². The van der Waals surface area contributed by atoms with Gasteiger partial charge in [0.25, 0.3) is 0 Å². The molecule has 3 nitrogen and oxygen atoms in total. The Balaban J connectivity index is 1.70. The van der Waals surface area contributed by atoms with Crippen molar-refractivity contribution in [3.63, 3.8) is 0 Å². The van der Waals surface area contributed by atoms with Gasteiger partial charge in [0, 0.05) is 38.5 Å². The fraction of sp³-hybridized carbons (Fsp3) is 0.600. The van der Waals surface area contributed by atoms with Gasteiger partial charge in [-0.05, 0) is 42.4 Å². The lowest BCUT2D eigenvalue weighted by atomic mass is 9.80. The van der Waals surface area contributed by atoms with Crippen molar-refractivity contribution in [1.29, 1.82) is 0 Å². The molecule has 2 N–H and O–H groups in total. The molecule has 3 heteroatoms. The molecular weight excluding hydrogens is 224 g/mol. The molecule has 2 aliphatic rings. The number of ether oxygens (including phenoxy) is 1. The van der Waals surface area contributed by atoms with Crippen LogP contribution in [0.2, 0.25) is 0 Å². The van der Waals surface area contributed by atoms with Gasteiger partial charge in [-0.3, -0.25) is 0 Å². The lowest BCUT2D eigenvalue weighted by molar-refractivity contribution is 0.0254. The highest BCUT2D eigenvalue weighted by molar-refractivity contribution is 5.49. The van der Waals surface area contributed by atoms with E-state index in [1.807, 2.05) is 0 Å². The quantitative estimate of drug-likeness (QED) is 0.869. The molecule has 18 heavy (non-hydrogen) atoms. The van der Waals surface area contributed by atoms with Crippen LogP contribution < -0.4 is 10.6 Å². The molecular formula is C15H22N2O. The Morgan fingerprint density at radius 3 is 2.50 bits per heavy atom. The fourth-order valence-electron chi connectivity index (χ4n) is 3.21. The minimum atomic E-state index is 0.519. The summed E-state index contributed by atoms with van der Waals surface area (Å²) in [6.07, 6.45) is 3.77. The lowest BCUT2D eigenvalue weighted by Crippen LogP contribution is -2.33. The molecule has 2 saturated heterocycles. The van der Waals surface area contributed by atoms with Crippen molar-refractivity contribution in [2.24, 2.45) is 11.1 Å². The summed E-state index contributed by atoms with van der Waals surface area (Å²) in [4.78, 5) is 2.52. The van der Waals surface area contributed by atoms with Crippen LogP contribution in [0.3, 0.4) is 0 Å². The van der Waals surface area contributed by atoms with Gasteiger partial charge >= 0.3 is 0 Å². The van der Waals surface area contributed by atoms with Crippen molar-refractivity contribution in [3.05, 3.63) is 29.8 Å². The molecule has 3 rings (SSSR count). The van der Waals surface area contributed by atoms with E-state index < -0.39 is 0 Å². The topological polar surface area (TPSA) is 38.5 Å². The molecule has 0 aliphatic carbocycles. The van der Waals surface area contributed by atoms with Gasteiger partial charge in [0.05, 0.1) is 0 Å². The highest BCUT2D eigenvalue weighted by atomic mass is 16.5. The maximum absolute atomic E-state index is 5.64. The molecule has 0 unspecified atom stereocenters. The first-order chi connectivity index (χ1) is 8.81. The van der Waals surface area contributed by atoms with Gasteiger partial charge in [-0.15, -0.1) is 0 Å². The summed E-state index contributed by atoms with van der Waals surface area (Å²) in [5.74, 6) is 0. The second-order valence-electron chi connectivity index (χ2n) is 5.65. The van der Waals surface area contributed by atoms with Crippen molar-refractivity contribution in [2.45, 2.75) is 25.8 Å². The van der Waals surface area contributed by atoms with Crippen LogP contribution in [-0.2, 0) is 11.3 Å². The van der Waals surface area contributed by atoms with Crippen molar-refractivity contribution in [3.8, 4) is 0 Å². The van der Waals surface area contributed by atoms with Crippen LogP contribution in [0.1, 0.15) is 24.8 Å². The second kappa shape index (κ2) is 4.90. The summed E-state index contributed by atoms with van der Waals surface area (Å²) in [5, 5.41) is 0. The van der Waals surface area contributed by atoms with E-state index in [0.717, 1.165) is 13.2 Å². The van der Waals surface area contributed by atoms with Gasteiger partial charge in [0.1, 0.15) is 0 Å². The van der Waals surface area contributed by atoms with Crippen molar-refractivity contribution >= 4 is 5.69 Å². The first-order valence-electron chi connectivity index (χ1n) is 6.93. The third-order valence-electron chi connectivity index (χ3n) is 4.53. The average molecular weight is 246 g/mol. The number of anilines is 1. The molecule has 98 valence electrons. The predicted octanol–water partition coefficient (Wildman–Crippen LogP) is 2.15. The van der Waals surface area contributed by atoms with Crippen LogP contribution in [0.15, 0.2) is 24.3 Å². The average Bonchev–Trinajstić information content (AvgIpc) is 2.83. The molecule has 1 aromatic carbocycles. The van der Waals surface area contributed by atoms with Crippen LogP contribution in [0.4, 0.5) is 5.69 Å². The van der Waals surface area contributed by atoms with Crippen LogP contribution in [0.5, 0.6) is 0 Å². The van der Waals surface area contributed by atoms with Gasteiger partial charge in [0.15, 0.2) is 0 Å². The van der Waals surface area contributed by atoms with E-state index in [9.17, 15) is 0 Å². The summed E-state index contributed by atoms with van der Waals surface area (Å²) in [7, 11) is 0. The third kappa shape index (κ3) is 2.25. The van der Waals surface area contributed by atoms with Gasteiger partial charge in [-0.1, -0.05) is 12.1 Å². The maximum Gasteiger partial charge on any atom is 0.0472 e. The van der Waals surface area contributed by atoms with Crippen LogP contribution in [0.25, 0.3) is 0 Å². The van der Waals surface area contributed by atoms with Crippen LogP contribution in [-0.4, -0.2) is 26.3 Å². The Kier molecular flexibility index (Phi) is 3.27. The van der Waals surface area contributed by atoms with E-state index in [1.165, 1.54) is 43.6 Å². The van der Waals surface area contributed by atoms with Crippen molar-refractivity contribution in [1.82, 2.24) is 0 Å². The zero-order valence-electron chi connectivity index (χ0n) is 10.9. The van der Waals surface area contributed by atoms with E-state index in [0.29, 0.717) is 12.0 Å². The molecule has 0 radical (unpaired) electrons. The summed E-state index contributed by atoms with van der Waals surface area (Å²) in [6.45, 7) is 4.89.